The predicted molar refractivity (Wildman–Crippen MR) is 48.4 cm³/mol. The predicted octanol–water partition coefficient (Wildman–Crippen LogP) is 3.07. The molecule has 0 saturated heterocycles. The van der Waals surface area contributed by atoms with E-state index in [-0.39, 0.29) is 12.8 Å². The van der Waals surface area contributed by atoms with Crippen molar-refractivity contribution in [3.05, 3.63) is 0 Å². The number of halogens is 2. The maximum atomic E-state index is 13.3. The number of rotatable bonds is 2. The highest BCUT2D eigenvalue weighted by Gasteiger charge is 2.55. The SMILES string of the molecule is CC(F)(F)C1(C(=O)O)CCCCCC1. The Hall–Kier alpha value is -0.670. The van der Waals surface area contributed by atoms with Gasteiger partial charge in [0, 0.05) is 6.92 Å². The summed E-state index contributed by atoms with van der Waals surface area (Å²) in [6, 6.07) is 0. The highest BCUT2D eigenvalue weighted by Crippen LogP contribution is 2.47. The van der Waals surface area contributed by atoms with Crippen molar-refractivity contribution in [2.24, 2.45) is 5.41 Å². The van der Waals surface area contributed by atoms with Crippen LogP contribution in [0.15, 0.2) is 0 Å². The summed E-state index contributed by atoms with van der Waals surface area (Å²) >= 11 is 0. The van der Waals surface area contributed by atoms with Crippen LogP contribution in [0.4, 0.5) is 8.78 Å². The van der Waals surface area contributed by atoms with Crippen molar-refractivity contribution in [3.8, 4) is 0 Å². The van der Waals surface area contributed by atoms with Gasteiger partial charge in [-0.05, 0) is 12.8 Å². The first-order chi connectivity index (χ1) is 6.40. The smallest absolute Gasteiger partial charge is 0.315 e. The third kappa shape index (κ3) is 1.88. The van der Waals surface area contributed by atoms with Crippen LogP contribution >= 0.6 is 0 Å². The molecule has 0 unspecified atom stereocenters. The molecule has 1 aliphatic carbocycles. The zero-order valence-electron chi connectivity index (χ0n) is 8.35. The van der Waals surface area contributed by atoms with Crippen LogP contribution in [0, 0.1) is 5.41 Å². The minimum Gasteiger partial charge on any atom is -0.481 e. The fourth-order valence-electron chi connectivity index (χ4n) is 2.17. The molecule has 0 bridgehead atoms. The van der Waals surface area contributed by atoms with E-state index in [2.05, 4.69) is 0 Å². The molecule has 2 nitrogen and oxygen atoms in total. The lowest BCUT2D eigenvalue weighted by Crippen LogP contribution is -2.45. The second-order valence-electron chi connectivity index (χ2n) is 4.19. The summed E-state index contributed by atoms with van der Waals surface area (Å²) < 4.78 is 26.6. The normalized spacial score (nSPS) is 22.8. The maximum Gasteiger partial charge on any atom is 0.315 e. The molecule has 0 aromatic heterocycles. The molecule has 1 fully saturated rings. The standard InChI is InChI=1S/C10H16F2O2/c1-9(11,12)10(8(13)14)6-4-2-3-5-7-10/h2-7H2,1H3,(H,13,14). The molecule has 0 spiro atoms. The Morgan fingerprint density at radius 2 is 1.64 bits per heavy atom. The Morgan fingerprint density at radius 3 is 1.93 bits per heavy atom. The molecule has 1 saturated carbocycles. The van der Waals surface area contributed by atoms with Crippen molar-refractivity contribution in [2.45, 2.75) is 51.4 Å². The van der Waals surface area contributed by atoms with E-state index in [1.165, 1.54) is 0 Å². The van der Waals surface area contributed by atoms with Crippen molar-refractivity contribution < 1.29 is 18.7 Å². The number of carboxylic acids is 1. The quantitative estimate of drug-likeness (QED) is 0.705. The summed E-state index contributed by atoms with van der Waals surface area (Å²) in [6.45, 7) is 0.729. The largest absolute Gasteiger partial charge is 0.481 e. The second-order valence-corrected chi connectivity index (χ2v) is 4.19. The van der Waals surface area contributed by atoms with Crippen molar-refractivity contribution in [2.75, 3.05) is 0 Å². The first-order valence-electron chi connectivity index (χ1n) is 5.01. The van der Waals surface area contributed by atoms with Crippen LogP contribution in [0.1, 0.15) is 45.4 Å². The number of alkyl halides is 2. The van der Waals surface area contributed by atoms with Crippen molar-refractivity contribution in [3.63, 3.8) is 0 Å². The Kier molecular flexibility index (Phi) is 3.12. The number of hydrogen-bond donors (Lipinski definition) is 1. The van der Waals surface area contributed by atoms with Gasteiger partial charge in [-0.25, -0.2) is 8.78 Å². The zero-order chi connectivity index (χ0) is 10.8. The van der Waals surface area contributed by atoms with Crippen LogP contribution < -0.4 is 0 Å². The number of hydrogen-bond acceptors (Lipinski definition) is 1. The fourth-order valence-corrected chi connectivity index (χ4v) is 2.17. The molecule has 1 rings (SSSR count). The minimum absolute atomic E-state index is 0.103. The minimum atomic E-state index is -3.12. The average molecular weight is 206 g/mol. The van der Waals surface area contributed by atoms with Gasteiger partial charge >= 0.3 is 5.97 Å². The number of carboxylic acid groups (broad SMARTS) is 1. The molecule has 0 atom stereocenters. The molecule has 0 aromatic rings. The Bertz CT molecular complexity index is 213. The fraction of sp³-hybridized carbons (Fsp3) is 0.900. The van der Waals surface area contributed by atoms with Gasteiger partial charge in [-0.15, -0.1) is 0 Å². The second kappa shape index (κ2) is 3.83. The van der Waals surface area contributed by atoms with Gasteiger partial charge in [-0.2, -0.15) is 0 Å². The lowest BCUT2D eigenvalue weighted by atomic mass is 9.75. The van der Waals surface area contributed by atoms with Gasteiger partial charge in [-0.1, -0.05) is 25.7 Å². The van der Waals surface area contributed by atoms with E-state index in [9.17, 15) is 13.6 Å². The van der Waals surface area contributed by atoms with Crippen LogP contribution in [0.3, 0.4) is 0 Å². The van der Waals surface area contributed by atoms with Gasteiger partial charge in [-0.3, -0.25) is 4.79 Å². The summed E-state index contributed by atoms with van der Waals surface area (Å²) in [5, 5.41) is 8.97. The zero-order valence-corrected chi connectivity index (χ0v) is 8.35. The van der Waals surface area contributed by atoms with Crippen molar-refractivity contribution in [1.29, 1.82) is 0 Å². The van der Waals surface area contributed by atoms with Gasteiger partial charge in [0.15, 0.2) is 0 Å². The highest BCUT2D eigenvalue weighted by molar-refractivity contribution is 5.76. The molecular weight excluding hydrogens is 190 g/mol. The summed E-state index contributed by atoms with van der Waals surface area (Å²) in [5.74, 6) is -4.46. The molecule has 14 heavy (non-hydrogen) atoms. The van der Waals surface area contributed by atoms with Crippen LogP contribution in [0.2, 0.25) is 0 Å². The highest BCUT2D eigenvalue weighted by atomic mass is 19.3. The Morgan fingerprint density at radius 1 is 1.21 bits per heavy atom. The summed E-state index contributed by atoms with van der Waals surface area (Å²) in [4.78, 5) is 11.0. The lowest BCUT2D eigenvalue weighted by molar-refractivity contribution is -0.178. The molecule has 82 valence electrons. The third-order valence-corrected chi connectivity index (χ3v) is 3.21. The van der Waals surface area contributed by atoms with E-state index in [4.69, 9.17) is 5.11 Å². The molecule has 1 N–H and O–H groups in total. The van der Waals surface area contributed by atoms with Gasteiger partial charge in [0.2, 0.25) is 0 Å². The monoisotopic (exact) mass is 206 g/mol. The van der Waals surface area contributed by atoms with E-state index in [0.29, 0.717) is 12.8 Å². The van der Waals surface area contributed by atoms with Crippen LogP contribution in [0.5, 0.6) is 0 Å². The number of aliphatic carboxylic acids is 1. The maximum absolute atomic E-state index is 13.3. The Labute approximate surface area is 82.3 Å². The molecule has 0 radical (unpaired) electrons. The molecular formula is C10H16F2O2. The summed E-state index contributed by atoms with van der Waals surface area (Å²) in [5.41, 5.74) is -1.82. The first kappa shape index (κ1) is 11.4. The van der Waals surface area contributed by atoms with E-state index < -0.39 is 17.3 Å². The van der Waals surface area contributed by atoms with Crippen LogP contribution in [0.25, 0.3) is 0 Å². The third-order valence-electron chi connectivity index (χ3n) is 3.21. The van der Waals surface area contributed by atoms with Gasteiger partial charge in [0.05, 0.1) is 0 Å². The van der Waals surface area contributed by atoms with Crippen LogP contribution in [-0.2, 0) is 4.79 Å². The molecule has 1 aliphatic rings. The molecule has 0 amide bonds. The van der Waals surface area contributed by atoms with Crippen LogP contribution in [-0.4, -0.2) is 17.0 Å². The topological polar surface area (TPSA) is 37.3 Å². The summed E-state index contributed by atoms with van der Waals surface area (Å²) in [6.07, 6.45) is 3.12. The van der Waals surface area contributed by atoms with Gasteiger partial charge in [0.25, 0.3) is 5.92 Å². The van der Waals surface area contributed by atoms with Crippen molar-refractivity contribution >= 4 is 5.97 Å². The van der Waals surface area contributed by atoms with Crippen molar-refractivity contribution in [1.82, 2.24) is 0 Å². The summed E-state index contributed by atoms with van der Waals surface area (Å²) in [7, 11) is 0. The molecule has 0 aromatic carbocycles. The van der Waals surface area contributed by atoms with Gasteiger partial charge < -0.3 is 5.11 Å². The van der Waals surface area contributed by atoms with Gasteiger partial charge in [0.1, 0.15) is 5.41 Å². The number of carbonyl (C=O) groups is 1. The van der Waals surface area contributed by atoms with E-state index in [1.54, 1.807) is 0 Å². The lowest BCUT2D eigenvalue weighted by Gasteiger charge is -2.33. The van der Waals surface area contributed by atoms with E-state index >= 15 is 0 Å². The average Bonchev–Trinajstić information content (AvgIpc) is 2.26. The van der Waals surface area contributed by atoms with E-state index in [1.807, 2.05) is 0 Å². The Balaban J connectivity index is 2.95. The first-order valence-corrected chi connectivity index (χ1v) is 5.01. The molecule has 4 heteroatoms. The molecule has 0 heterocycles. The molecule has 0 aliphatic heterocycles. The van der Waals surface area contributed by atoms with E-state index in [0.717, 1.165) is 19.8 Å².